The van der Waals surface area contributed by atoms with Crippen molar-refractivity contribution in [3.63, 3.8) is 0 Å². The molecule has 1 aliphatic heterocycles. The second-order valence-electron chi connectivity index (χ2n) is 6.52. The van der Waals surface area contributed by atoms with Gasteiger partial charge in [0, 0.05) is 43.3 Å². The zero-order valence-corrected chi connectivity index (χ0v) is 17.3. The summed E-state index contributed by atoms with van der Waals surface area (Å²) in [5.41, 5.74) is 2.13. The van der Waals surface area contributed by atoms with E-state index in [4.69, 9.17) is 25.8 Å². The van der Waals surface area contributed by atoms with E-state index in [2.05, 4.69) is 27.1 Å². The van der Waals surface area contributed by atoms with Crippen LogP contribution in [0.1, 0.15) is 11.1 Å². The molecule has 0 aliphatic carbocycles. The fourth-order valence-corrected chi connectivity index (χ4v) is 3.35. The molecule has 28 heavy (non-hydrogen) atoms. The Kier molecular flexibility index (Phi) is 7.01. The van der Waals surface area contributed by atoms with Gasteiger partial charge in [-0.25, -0.2) is 0 Å². The SMILES string of the molecule is COc1ccc(/C=N\N2CCN(Cc3ccc(Cl)cc3)CC2)c(OC)c1OC. The highest BCUT2D eigenvalue weighted by molar-refractivity contribution is 6.30. The molecular weight excluding hydrogens is 378 g/mol. The van der Waals surface area contributed by atoms with Crippen LogP contribution in [0.4, 0.5) is 0 Å². The number of rotatable bonds is 7. The van der Waals surface area contributed by atoms with Gasteiger partial charge in [-0.3, -0.25) is 9.91 Å². The van der Waals surface area contributed by atoms with E-state index in [-0.39, 0.29) is 0 Å². The Morgan fingerprint density at radius 3 is 2.18 bits per heavy atom. The van der Waals surface area contributed by atoms with Crippen LogP contribution in [-0.4, -0.2) is 63.6 Å². The van der Waals surface area contributed by atoms with Gasteiger partial charge in [-0.1, -0.05) is 23.7 Å². The summed E-state index contributed by atoms with van der Waals surface area (Å²) >= 11 is 5.96. The summed E-state index contributed by atoms with van der Waals surface area (Å²) in [6.45, 7) is 4.60. The monoisotopic (exact) mass is 403 g/mol. The van der Waals surface area contributed by atoms with Crippen LogP contribution in [0, 0.1) is 0 Å². The van der Waals surface area contributed by atoms with Gasteiger partial charge in [0.15, 0.2) is 11.5 Å². The number of hydrogen-bond donors (Lipinski definition) is 0. The van der Waals surface area contributed by atoms with Crippen LogP contribution in [0.15, 0.2) is 41.5 Å². The van der Waals surface area contributed by atoms with Crippen molar-refractivity contribution in [1.82, 2.24) is 9.91 Å². The summed E-state index contributed by atoms with van der Waals surface area (Å²) in [6, 6.07) is 11.8. The molecule has 1 heterocycles. The van der Waals surface area contributed by atoms with Gasteiger partial charge in [0.25, 0.3) is 0 Å². The van der Waals surface area contributed by atoms with E-state index in [1.54, 1.807) is 21.3 Å². The molecular formula is C21H26ClN3O3. The minimum Gasteiger partial charge on any atom is -0.493 e. The molecule has 0 N–H and O–H groups in total. The van der Waals surface area contributed by atoms with Gasteiger partial charge in [-0.05, 0) is 29.8 Å². The quantitative estimate of drug-likeness (QED) is 0.662. The fraction of sp³-hybridized carbons (Fsp3) is 0.381. The molecule has 0 radical (unpaired) electrons. The van der Waals surface area contributed by atoms with E-state index >= 15 is 0 Å². The highest BCUT2D eigenvalue weighted by Gasteiger charge is 2.17. The third-order valence-electron chi connectivity index (χ3n) is 4.76. The van der Waals surface area contributed by atoms with Crippen molar-refractivity contribution in [1.29, 1.82) is 0 Å². The molecule has 7 heteroatoms. The maximum absolute atomic E-state index is 5.96. The lowest BCUT2D eigenvalue weighted by Crippen LogP contribution is -2.43. The highest BCUT2D eigenvalue weighted by atomic mass is 35.5. The first-order chi connectivity index (χ1) is 13.6. The van der Waals surface area contributed by atoms with Crippen molar-refractivity contribution in [2.24, 2.45) is 5.10 Å². The Morgan fingerprint density at radius 1 is 0.893 bits per heavy atom. The zero-order chi connectivity index (χ0) is 19.9. The van der Waals surface area contributed by atoms with Gasteiger partial charge in [0.2, 0.25) is 5.75 Å². The van der Waals surface area contributed by atoms with Crippen LogP contribution in [0.2, 0.25) is 5.02 Å². The summed E-state index contributed by atoms with van der Waals surface area (Å²) in [6.07, 6.45) is 1.82. The maximum atomic E-state index is 5.96. The van der Waals surface area contributed by atoms with Crippen LogP contribution in [0.25, 0.3) is 0 Å². The molecule has 1 fully saturated rings. The summed E-state index contributed by atoms with van der Waals surface area (Å²) in [7, 11) is 4.82. The zero-order valence-electron chi connectivity index (χ0n) is 16.5. The molecule has 2 aromatic carbocycles. The number of methoxy groups -OCH3 is 3. The molecule has 150 valence electrons. The second-order valence-corrected chi connectivity index (χ2v) is 6.96. The van der Waals surface area contributed by atoms with Crippen molar-refractivity contribution in [2.45, 2.75) is 6.54 Å². The number of nitrogens with zero attached hydrogens (tertiary/aromatic N) is 3. The molecule has 3 rings (SSSR count). The van der Waals surface area contributed by atoms with Gasteiger partial charge >= 0.3 is 0 Å². The molecule has 0 amide bonds. The molecule has 0 spiro atoms. The van der Waals surface area contributed by atoms with Crippen molar-refractivity contribution in [2.75, 3.05) is 47.5 Å². The lowest BCUT2D eigenvalue weighted by Gasteiger charge is -2.33. The van der Waals surface area contributed by atoms with Crippen molar-refractivity contribution < 1.29 is 14.2 Å². The molecule has 0 bridgehead atoms. The number of halogens is 1. The second kappa shape index (κ2) is 9.66. The number of ether oxygens (including phenoxy) is 3. The first-order valence-corrected chi connectivity index (χ1v) is 9.57. The topological polar surface area (TPSA) is 46.5 Å². The number of hydrazone groups is 1. The Bertz CT molecular complexity index is 803. The van der Waals surface area contributed by atoms with Crippen molar-refractivity contribution in [3.05, 3.63) is 52.5 Å². The number of hydrogen-bond acceptors (Lipinski definition) is 6. The van der Waals surface area contributed by atoms with Crippen LogP contribution in [0.5, 0.6) is 17.2 Å². The minimum atomic E-state index is 0.571. The summed E-state index contributed by atoms with van der Waals surface area (Å²) in [5, 5.41) is 7.48. The van der Waals surface area contributed by atoms with Gasteiger partial charge in [-0.15, -0.1) is 0 Å². The third kappa shape index (κ3) is 4.88. The average molecular weight is 404 g/mol. The Hall–Kier alpha value is -2.44. The fourth-order valence-electron chi connectivity index (χ4n) is 3.23. The smallest absolute Gasteiger partial charge is 0.203 e. The lowest BCUT2D eigenvalue weighted by molar-refractivity contribution is 0.131. The molecule has 0 aromatic heterocycles. The van der Waals surface area contributed by atoms with Crippen molar-refractivity contribution >= 4 is 17.8 Å². The maximum Gasteiger partial charge on any atom is 0.203 e. The van der Waals surface area contributed by atoms with E-state index < -0.39 is 0 Å². The van der Waals surface area contributed by atoms with E-state index in [1.165, 1.54) is 5.56 Å². The molecule has 1 saturated heterocycles. The standard InChI is InChI=1S/C21H26ClN3O3/c1-26-19-9-6-17(20(27-2)21(19)28-3)14-23-25-12-10-24(11-13-25)15-16-4-7-18(22)8-5-16/h4-9,14H,10-13,15H2,1-3H3/b23-14-. The van der Waals surface area contributed by atoms with Crippen LogP contribution in [-0.2, 0) is 6.54 Å². The molecule has 0 atom stereocenters. The van der Waals surface area contributed by atoms with E-state index in [0.717, 1.165) is 43.3 Å². The van der Waals surface area contributed by atoms with Gasteiger partial charge in [0.05, 0.1) is 27.5 Å². The van der Waals surface area contributed by atoms with Gasteiger partial charge in [-0.2, -0.15) is 5.10 Å². The normalized spacial score (nSPS) is 15.1. The molecule has 6 nitrogen and oxygen atoms in total. The summed E-state index contributed by atoms with van der Waals surface area (Å²) < 4.78 is 16.3. The minimum absolute atomic E-state index is 0.571. The van der Waals surface area contributed by atoms with E-state index in [0.29, 0.717) is 17.2 Å². The first kappa shape index (κ1) is 20.3. The Balaban J connectivity index is 1.60. The first-order valence-electron chi connectivity index (χ1n) is 9.19. The highest BCUT2D eigenvalue weighted by Crippen LogP contribution is 2.39. The van der Waals surface area contributed by atoms with Crippen LogP contribution >= 0.6 is 11.6 Å². The summed E-state index contributed by atoms with van der Waals surface area (Å²) in [4.78, 5) is 2.42. The number of piperazine rings is 1. The van der Waals surface area contributed by atoms with Gasteiger partial charge < -0.3 is 14.2 Å². The predicted octanol–water partition coefficient (Wildman–Crippen LogP) is 3.52. The average Bonchev–Trinajstić information content (AvgIpc) is 2.74. The predicted molar refractivity (Wildman–Crippen MR) is 112 cm³/mol. The molecule has 0 unspecified atom stereocenters. The molecule has 1 aliphatic rings. The largest absolute Gasteiger partial charge is 0.493 e. The molecule has 2 aromatic rings. The van der Waals surface area contributed by atoms with Gasteiger partial charge in [0.1, 0.15) is 0 Å². The number of benzene rings is 2. The Morgan fingerprint density at radius 2 is 1.57 bits per heavy atom. The third-order valence-corrected chi connectivity index (χ3v) is 5.01. The Labute approximate surface area is 171 Å². The molecule has 0 saturated carbocycles. The van der Waals surface area contributed by atoms with Crippen LogP contribution < -0.4 is 14.2 Å². The van der Waals surface area contributed by atoms with E-state index in [1.807, 2.05) is 30.5 Å². The van der Waals surface area contributed by atoms with E-state index in [9.17, 15) is 0 Å². The van der Waals surface area contributed by atoms with Crippen LogP contribution in [0.3, 0.4) is 0 Å². The lowest BCUT2D eigenvalue weighted by atomic mass is 10.2. The summed E-state index contributed by atoms with van der Waals surface area (Å²) in [5.74, 6) is 1.82. The van der Waals surface area contributed by atoms with Crippen molar-refractivity contribution in [3.8, 4) is 17.2 Å².